The van der Waals surface area contributed by atoms with Crippen molar-refractivity contribution in [3.05, 3.63) is 101 Å². The van der Waals surface area contributed by atoms with Crippen LogP contribution in [0.2, 0.25) is 0 Å². The quantitative estimate of drug-likeness (QED) is 0.518. The van der Waals surface area contributed by atoms with Crippen LogP contribution in [-0.4, -0.2) is 36.8 Å². The minimum atomic E-state index is -1.49. The highest BCUT2D eigenvalue weighted by Gasteiger charge is 2.29. The number of halogens is 2. The van der Waals surface area contributed by atoms with Gasteiger partial charge in [-0.05, 0) is 42.4 Å². The molecule has 0 saturated heterocycles. The van der Waals surface area contributed by atoms with Gasteiger partial charge in [0.2, 0.25) is 0 Å². The molecule has 0 aliphatic rings. The molecule has 2 aromatic carbocycles. The van der Waals surface area contributed by atoms with Crippen LogP contribution in [0.25, 0.3) is 0 Å². The zero-order valence-corrected chi connectivity index (χ0v) is 17.5. The normalized spacial score (nSPS) is 13.5. The second-order valence-electron chi connectivity index (χ2n) is 6.41. The van der Waals surface area contributed by atoms with Crippen molar-refractivity contribution in [1.82, 2.24) is 4.90 Å². The zero-order chi connectivity index (χ0) is 20.6. The predicted molar refractivity (Wildman–Crippen MR) is 116 cm³/mol. The first-order valence-electron chi connectivity index (χ1n) is 8.90. The zero-order valence-electron chi connectivity index (χ0n) is 15.9. The van der Waals surface area contributed by atoms with E-state index in [4.69, 9.17) is 4.74 Å². The molecule has 2 rings (SSSR count). The maximum atomic E-state index is 14.5. The molecule has 148 valence electrons. The third-order valence-electron chi connectivity index (χ3n) is 4.31. The van der Waals surface area contributed by atoms with Crippen LogP contribution in [-0.2, 0) is 5.60 Å². The van der Waals surface area contributed by atoms with Gasteiger partial charge in [0.15, 0.2) is 11.6 Å². The molecule has 1 N–H and O–H groups in total. The van der Waals surface area contributed by atoms with Gasteiger partial charge in [0.25, 0.3) is 0 Å². The highest BCUT2D eigenvalue weighted by molar-refractivity contribution is 9.10. The van der Waals surface area contributed by atoms with Gasteiger partial charge in [0.05, 0.1) is 0 Å². The van der Waals surface area contributed by atoms with Gasteiger partial charge < -0.3 is 9.84 Å². The average molecular weight is 446 g/mol. The van der Waals surface area contributed by atoms with Gasteiger partial charge in [-0.3, -0.25) is 4.90 Å². The molecule has 0 amide bonds. The van der Waals surface area contributed by atoms with Crippen molar-refractivity contribution in [3.63, 3.8) is 0 Å². The molecular formula is C23H25BrFNO2. The third-order valence-corrected chi connectivity index (χ3v) is 4.84. The maximum absolute atomic E-state index is 14.5. The van der Waals surface area contributed by atoms with Crippen molar-refractivity contribution in [2.45, 2.75) is 5.60 Å². The molecule has 0 fully saturated rings. The summed E-state index contributed by atoms with van der Waals surface area (Å²) in [4.78, 5) is 2.08. The molecule has 0 radical (unpaired) electrons. The minimum absolute atomic E-state index is 0.134. The molecule has 0 saturated carbocycles. The van der Waals surface area contributed by atoms with Crippen LogP contribution in [0, 0.1) is 5.82 Å². The Bertz CT molecular complexity index is 835. The van der Waals surface area contributed by atoms with E-state index >= 15 is 0 Å². The van der Waals surface area contributed by atoms with Crippen LogP contribution >= 0.6 is 15.9 Å². The first kappa shape index (κ1) is 22.1. The van der Waals surface area contributed by atoms with E-state index in [0.29, 0.717) is 11.1 Å². The third kappa shape index (κ3) is 5.64. The number of aliphatic hydroxyl groups is 1. The second kappa shape index (κ2) is 10.4. The lowest BCUT2D eigenvalue weighted by Gasteiger charge is -2.26. The average Bonchev–Trinajstić information content (AvgIpc) is 2.69. The van der Waals surface area contributed by atoms with Crippen LogP contribution in [0.3, 0.4) is 0 Å². The van der Waals surface area contributed by atoms with E-state index in [1.807, 2.05) is 37.4 Å². The summed E-state index contributed by atoms with van der Waals surface area (Å²) in [5.41, 5.74) is -0.503. The highest BCUT2D eigenvalue weighted by atomic mass is 79.9. The summed E-state index contributed by atoms with van der Waals surface area (Å²) in [6, 6.07) is 11.6. The number of rotatable bonds is 10. The van der Waals surface area contributed by atoms with Crippen LogP contribution in [0.5, 0.6) is 5.75 Å². The molecule has 28 heavy (non-hydrogen) atoms. The van der Waals surface area contributed by atoms with E-state index < -0.39 is 11.4 Å². The van der Waals surface area contributed by atoms with Gasteiger partial charge in [-0.15, -0.1) is 6.58 Å². The standard InChI is InChI=1S/C23H25BrFNO2/c1-4-14-26(3)15-6-7-16-28-22-13-10-19(17-21(22)25)23(27,5-2)18-8-11-20(24)12-9-18/h4-13,17,27H,1-2,14-16H2,3H3/b7-6+. The van der Waals surface area contributed by atoms with Crippen LogP contribution < -0.4 is 4.74 Å². The van der Waals surface area contributed by atoms with Crippen LogP contribution in [0.4, 0.5) is 4.39 Å². The van der Waals surface area contributed by atoms with E-state index in [0.717, 1.165) is 17.6 Å². The number of hydrogen-bond acceptors (Lipinski definition) is 3. The summed E-state index contributed by atoms with van der Waals surface area (Å²) in [5, 5.41) is 11.0. The SMILES string of the molecule is C=CCN(C)C/C=C/COc1ccc(C(O)(C=C)c2ccc(Br)cc2)cc1F. The Balaban J connectivity index is 2.08. The summed E-state index contributed by atoms with van der Waals surface area (Å²) < 4.78 is 20.9. The van der Waals surface area contributed by atoms with Gasteiger partial charge in [0, 0.05) is 17.6 Å². The van der Waals surface area contributed by atoms with E-state index in [1.54, 1.807) is 18.2 Å². The Morgan fingerprint density at radius 2 is 1.79 bits per heavy atom. The number of benzene rings is 2. The Morgan fingerprint density at radius 3 is 2.39 bits per heavy atom. The highest BCUT2D eigenvalue weighted by Crippen LogP contribution is 2.33. The molecule has 0 aliphatic heterocycles. The molecule has 2 aromatic rings. The molecule has 0 spiro atoms. The first-order chi connectivity index (χ1) is 13.4. The topological polar surface area (TPSA) is 32.7 Å². The largest absolute Gasteiger partial charge is 0.486 e. The van der Waals surface area contributed by atoms with E-state index in [-0.39, 0.29) is 12.4 Å². The lowest BCUT2D eigenvalue weighted by molar-refractivity contribution is 0.134. The summed E-state index contributed by atoms with van der Waals surface area (Å²) in [5.74, 6) is -0.401. The van der Waals surface area contributed by atoms with Crippen molar-refractivity contribution in [3.8, 4) is 5.75 Å². The van der Waals surface area contributed by atoms with E-state index in [1.165, 1.54) is 18.2 Å². The maximum Gasteiger partial charge on any atom is 0.165 e. The Morgan fingerprint density at radius 1 is 1.11 bits per heavy atom. The van der Waals surface area contributed by atoms with Crippen molar-refractivity contribution >= 4 is 15.9 Å². The molecule has 0 aliphatic carbocycles. The monoisotopic (exact) mass is 445 g/mol. The number of ether oxygens (including phenoxy) is 1. The van der Waals surface area contributed by atoms with Gasteiger partial charge in [-0.2, -0.15) is 0 Å². The molecule has 0 aromatic heterocycles. The molecule has 1 atom stereocenters. The van der Waals surface area contributed by atoms with Crippen LogP contribution in [0.15, 0.2) is 84.4 Å². The number of nitrogens with zero attached hydrogens (tertiary/aromatic N) is 1. The van der Waals surface area contributed by atoms with E-state index in [9.17, 15) is 9.50 Å². The molecular weight excluding hydrogens is 421 g/mol. The molecule has 0 bridgehead atoms. The summed E-state index contributed by atoms with van der Waals surface area (Å²) in [6.07, 6.45) is 7.03. The van der Waals surface area contributed by atoms with Gasteiger partial charge in [-0.1, -0.05) is 65.0 Å². The Hall–Kier alpha value is -2.21. The number of likely N-dealkylation sites (N-methyl/N-ethyl adjacent to an activating group) is 1. The summed E-state index contributed by atoms with van der Waals surface area (Å²) in [7, 11) is 1.98. The van der Waals surface area contributed by atoms with Gasteiger partial charge in [-0.25, -0.2) is 4.39 Å². The molecule has 0 heterocycles. The minimum Gasteiger partial charge on any atom is -0.486 e. The smallest absolute Gasteiger partial charge is 0.165 e. The fourth-order valence-electron chi connectivity index (χ4n) is 2.72. The van der Waals surface area contributed by atoms with Crippen LogP contribution in [0.1, 0.15) is 11.1 Å². The Kier molecular flexibility index (Phi) is 8.18. The molecule has 5 heteroatoms. The second-order valence-corrected chi connectivity index (χ2v) is 7.33. The predicted octanol–water partition coefficient (Wildman–Crippen LogP) is 5.06. The van der Waals surface area contributed by atoms with Gasteiger partial charge >= 0.3 is 0 Å². The van der Waals surface area contributed by atoms with Crippen molar-refractivity contribution in [2.24, 2.45) is 0 Å². The lowest BCUT2D eigenvalue weighted by atomic mass is 9.86. The number of hydrogen-bond donors (Lipinski definition) is 1. The Labute approximate surface area is 174 Å². The fraction of sp³-hybridized carbons (Fsp3) is 0.217. The molecule has 1 unspecified atom stereocenters. The fourth-order valence-corrected chi connectivity index (χ4v) is 2.98. The van der Waals surface area contributed by atoms with Crippen molar-refractivity contribution in [1.29, 1.82) is 0 Å². The summed E-state index contributed by atoms with van der Waals surface area (Å²) in [6.45, 7) is 9.23. The summed E-state index contributed by atoms with van der Waals surface area (Å²) >= 11 is 3.37. The van der Waals surface area contributed by atoms with E-state index in [2.05, 4.69) is 34.0 Å². The van der Waals surface area contributed by atoms with Crippen molar-refractivity contribution < 1.29 is 14.2 Å². The van der Waals surface area contributed by atoms with Gasteiger partial charge in [0.1, 0.15) is 12.2 Å². The first-order valence-corrected chi connectivity index (χ1v) is 9.69. The lowest BCUT2D eigenvalue weighted by Crippen LogP contribution is -2.24. The molecule has 3 nitrogen and oxygen atoms in total. The van der Waals surface area contributed by atoms with Crippen molar-refractivity contribution in [2.75, 3.05) is 26.7 Å².